The number of Topliss-reactive ketones (excluding diaryl/α,β-unsaturated/α-hetero) is 1. The van der Waals surface area contributed by atoms with Gasteiger partial charge in [-0.3, -0.25) is 4.79 Å². The average molecular weight is 197 g/mol. The van der Waals surface area contributed by atoms with Crippen molar-refractivity contribution in [3.05, 3.63) is 17.6 Å². The second-order valence-corrected chi connectivity index (χ2v) is 4.68. The third-order valence-corrected chi connectivity index (χ3v) is 3.66. The third kappa shape index (κ3) is 1.21. The number of carbonyl (C=O) groups excluding carboxylic acids is 1. The van der Waals surface area contributed by atoms with Crippen molar-refractivity contribution in [1.29, 1.82) is 0 Å². The Balaban J connectivity index is 2.51. The van der Waals surface area contributed by atoms with Gasteiger partial charge in [0.15, 0.2) is 5.76 Å². The number of fused-ring (bicyclic) bond motifs is 1. The number of aryl methyl sites for hydroxylation is 1. The lowest BCUT2D eigenvalue weighted by Crippen LogP contribution is -2.41. The van der Waals surface area contributed by atoms with Crippen LogP contribution < -0.4 is 5.73 Å². The van der Waals surface area contributed by atoms with Crippen LogP contribution in [0.5, 0.6) is 0 Å². The SMILES string of the molecule is Cc1coc2c1SC(C)C(N)C2=O. The van der Waals surface area contributed by atoms with Gasteiger partial charge in [-0.2, -0.15) is 0 Å². The maximum absolute atomic E-state index is 11.6. The Morgan fingerprint density at radius 3 is 3.00 bits per heavy atom. The maximum Gasteiger partial charge on any atom is 0.216 e. The van der Waals surface area contributed by atoms with Crippen LogP contribution in [0, 0.1) is 6.92 Å². The van der Waals surface area contributed by atoms with Crippen molar-refractivity contribution in [3.8, 4) is 0 Å². The van der Waals surface area contributed by atoms with Gasteiger partial charge in [0.1, 0.15) is 0 Å². The average Bonchev–Trinajstić information content (AvgIpc) is 2.45. The van der Waals surface area contributed by atoms with Crippen LogP contribution >= 0.6 is 11.8 Å². The molecule has 2 heterocycles. The molecule has 13 heavy (non-hydrogen) atoms. The second kappa shape index (κ2) is 2.89. The monoisotopic (exact) mass is 197 g/mol. The first-order chi connectivity index (χ1) is 6.11. The number of ketones is 1. The summed E-state index contributed by atoms with van der Waals surface area (Å²) in [5.41, 5.74) is 6.74. The lowest BCUT2D eigenvalue weighted by Gasteiger charge is -2.22. The summed E-state index contributed by atoms with van der Waals surface area (Å²) < 4.78 is 5.17. The normalized spacial score (nSPS) is 27.5. The Morgan fingerprint density at radius 2 is 2.31 bits per heavy atom. The van der Waals surface area contributed by atoms with Crippen LogP contribution in [-0.2, 0) is 0 Å². The molecule has 1 aromatic heterocycles. The fourth-order valence-electron chi connectivity index (χ4n) is 1.37. The number of nitrogens with two attached hydrogens (primary N) is 1. The minimum atomic E-state index is -0.428. The third-order valence-electron chi connectivity index (χ3n) is 2.25. The zero-order valence-corrected chi connectivity index (χ0v) is 8.35. The lowest BCUT2D eigenvalue weighted by atomic mass is 10.1. The van der Waals surface area contributed by atoms with Crippen LogP contribution in [0.3, 0.4) is 0 Å². The highest BCUT2D eigenvalue weighted by Crippen LogP contribution is 2.37. The fraction of sp³-hybridized carbons (Fsp3) is 0.444. The van der Waals surface area contributed by atoms with Crippen molar-refractivity contribution < 1.29 is 9.21 Å². The van der Waals surface area contributed by atoms with Gasteiger partial charge in [0.05, 0.1) is 17.2 Å². The van der Waals surface area contributed by atoms with E-state index in [2.05, 4.69) is 0 Å². The van der Waals surface area contributed by atoms with Gasteiger partial charge in [-0.1, -0.05) is 6.92 Å². The molecule has 0 aromatic carbocycles. The van der Waals surface area contributed by atoms with Crippen molar-refractivity contribution in [2.24, 2.45) is 5.73 Å². The Bertz CT molecular complexity index is 358. The summed E-state index contributed by atoms with van der Waals surface area (Å²) in [6, 6.07) is -0.428. The number of rotatable bonds is 0. The molecule has 2 unspecified atom stereocenters. The standard InChI is InChI=1S/C9H11NO2S/c1-4-3-12-8-7(11)6(10)5(2)13-9(4)8/h3,5-6H,10H2,1-2H3. The highest BCUT2D eigenvalue weighted by molar-refractivity contribution is 8.00. The smallest absolute Gasteiger partial charge is 0.216 e. The Kier molecular flexibility index (Phi) is 1.96. The Morgan fingerprint density at radius 1 is 1.62 bits per heavy atom. The van der Waals surface area contributed by atoms with E-state index < -0.39 is 6.04 Å². The minimum Gasteiger partial charge on any atom is -0.460 e. The van der Waals surface area contributed by atoms with Crippen molar-refractivity contribution in [1.82, 2.24) is 0 Å². The Hall–Kier alpha value is -0.740. The summed E-state index contributed by atoms with van der Waals surface area (Å²) in [6.45, 7) is 3.90. The zero-order valence-electron chi connectivity index (χ0n) is 7.53. The molecule has 0 saturated carbocycles. The molecule has 1 aliphatic heterocycles. The Labute approximate surface area is 80.7 Å². The van der Waals surface area contributed by atoms with Gasteiger partial charge in [0.2, 0.25) is 5.78 Å². The summed E-state index contributed by atoms with van der Waals surface area (Å²) in [7, 11) is 0. The van der Waals surface area contributed by atoms with E-state index in [4.69, 9.17) is 10.2 Å². The molecule has 1 aliphatic rings. The molecule has 0 saturated heterocycles. The molecule has 70 valence electrons. The van der Waals surface area contributed by atoms with E-state index in [-0.39, 0.29) is 11.0 Å². The van der Waals surface area contributed by atoms with Gasteiger partial charge in [0, 0.05) is 10.8 Å². The first kappa shape index (κ1) is 8.84. The first-order valence-electron chi connectivity index (χ1n) is 4.16. The van der Waals surface area contributed by atoms with Gasteiger partial charge in [0.25, 0.3) is 0 Å². The molecule has 0 amide bonds. The van der Waals surface area contributed by atoms with Gasteiger partial charge in [-0.05, 0) is 6.92 Å². The minimum absolute atomic E-state index is 0.0747. The molecule has 2 atom stereocenters. The summed E-state index contributed by atoms with van der Waals surface area (Å²) >= 11 is 1.62. The van der Waals surface area contributed by atoms with Crippen molar-refractivity contribution in [3.63, 3.8) is 0 Å². The van der Waals surface area contributed by atoms with Gasteiger partial charge in [-0.25, -0.2) is 0 Å². The second-order valence-electron chi connectivity index (χ2n) is 3.29. The van der Waals surface area contributed by atoms with E-state index in [1.807, 2.05) is 13.8 Å². The van der Waals surface area contributed by atoms with Crippen LogP contribution in [0.1, 0.15) is 23.0 Å². The number of carbonyl (C=O) groups is 1. The van der Waals surface area contributed by atoms with E-state index in [1.54, 1.807) is 18.0 Å². The maximum atomic E-state index is 11.6. The molecule has 0 spiro atoms. The summed E-state index contributed by atoms with van der Waals surface area (Å²) in [4.78, 5) is 12.6. The summed E-state index contributed by atoms with van der Waals surface area (Å²) in [5, 5.41) is 0.135. The lowest BCUT2D eigenvalue weighted by molar-refractivity contribution is 0.0927. The van der Waals surface area contributed by atoms with Gasteiger partial charge < -0.3 is 10.2 Å². The molecular formula is C9H11NO2S. The molecule has 0 bridgehead atoms. The van der Waals surface area contributed by atoms with Gasteiger partial charge in [-0.15, -0.1) is 11.8 Å². The fourth-order valence-corrected chi connectivity index (χ4v) is 2.51. The summed E-state index contributed by atoms with van der Waals surface area (Å²) in [6.07, 6.45) is 1.61. The van der Waals surface area contributed by atoms with E-state index in [0.29, 0.717) is 5.76 Å². The molecule has 1 aromatic rings. The van der Waals surface area contributed by atoms with Gasteiger partial charge >= 0.3 is 0 Å². The van der Waals surface area contributed by atoms with E-state index in [0.717, 1.165) is 10.5 Å². The number of hydrogen-bond donors (Lipinski definition) is 1. The molecule has 0 fully saturated rings. The predicted molar refractivity (Wildman–Crippen MR) is 51.1 cm³/mol. The number of thioether (sulfide) groups is 1. The molecule has 0 radical (unpaired) electrons. The van der Waals surface area contributed by atoms with Crippen molar-refractivity contribution in [2.75, 3.05) is 0 Å². The molecule has 2 N–H and O–H groups in total. The van der Waals surface area contributed by atoms with Crippen molar-refractivity contribution >= 4 is 17.5 Å². The summed E-state index contributed by atoms with van der Waals surface area (Å²) in [5.74, 6) is 0.363. The van der Waals surface area contributed by atoms with E-state index in [9.17, 15) is 4.79 Å². The molecule has 4 heteroatoms. The van der Waals surface area contributed by atoms with Crippen LogP contribution in [0.25, 0.3) is 0 Å². The van der Waals surface area contributed by atoms with Crippen LogP contribution in [-0.4, -0.2) is 17.1 Å². The van der Waals surface area contributed by atoms with Crippen LogP contribution in [0.15, 0.2) is 15.6 Å². The predicted octanol–water partition coefficient (Wildman–Crippen LogP) is 1.59. The molecular weight excluding hydrogens is 186 g/mol. The highest BCUT2D eigenvalue weighted by Gasteiger charge is 2.34. The molecule has 2 rings (SSSR count). The highest BCUT2D eigenvalue weighted by atomic mass is 32.2. The first-order valence-corrected chi connectivity index (χ1v) is 5.03. The topological polar surface area (TPSA) is 56.2 Å². The zero-order chi connectivity index (χ0) is 9.59. The number of hydrogen-bond acceptors (Lipinski definition) is 4. The largest absolute Gasteiger partial charge is 0.460 e. The van der Waals surface area contributed by atoms with Crippen LogP contribution in [0.2, 0.25) is 0 Å². The molecule has 0 aliphatic carbocycles. The van der Waals surface area contributed by atoms with Crippen molar-refractivity contribution in [2.45, 2.75) is 30.0 Å². The van der Waals surface area contributed by atoms with E-state index in [1.165, 1.54) is 0 Å². The number of furan rings is 1. The van der Waals surface area contributed by atoms with E-state index >= 15 is 0 Å². The molecule has 3 nitrogen and oxygen atoms in total. The van der Waals surface area contributed by atoms with Crippen LogP contribution in [0.4, 0.5) is 0 Å². The quantitative estimate of drug-likeness (QED) is 0.686.